The highest BCUT2D eigenvalue weighted by Crippen LogP contribution is 2.28. The van der Waals surface area contributed by atoms with E-state index in [2.05, 4.69) is 54.6 Å². The molecule has 0 saturated carbocycles. The lowest BCUT2D eigenvalue weighted by molar-refractivity contribution is 0.0733. The maximum absolute atomic E-state index is 4.55. The molecule has 1 aromatic carbocycles. The van der Waals surface area contributed by atoms with Gasteiger partial charge in [0, 0.05) is 49.3 Å². The van der Waals surface area contributed by atoms with Gasteiger partial charge in [-0.1, -0.05) is 6.07 Å². The van der Waals surface area contributed by atoms with Crippen LogP contribution in [0.1, 0.15) is 16.8 Å². The molecule has 1 aliphatic heterocycles. The van der Waals surface area contributed by atoms with E-state index < -0.39 is 0 Å². The molecule has 0 atom stereocenters. The summed E-state index contributed by atoms with van der Waals surface area (Å²) in [6.07, 6.45) is 11.2. The molecular weight excluding hydrogens is 376 g/mol. The molecule has 0 amide bonds. The standard InChI is InChI=1S/C22H22N8/c1-28(2)29-9-7-20-19(14-29)22(25-15-24-20)27-18-5-6-21-17(10-18)12-26-30(21)13-16-4-3-8-23-11-16/h3-12,15H,13-14H2,1-2H3,(H,24,25,27). The molecule has 0 bridgehead atoms. The van der Waals surface area contributed by atoms with Crippen LogP contribution in [0.15, 0.2) is 61.4 Å². The molecule has 0 aliphatic carbocycles. The van der Waals surface area contributed by atoms with Crippen molar-refractivity contribution in [1.29, 1.82) is 0 Å². The minimum absolute atomic E-state index is 0.691. The first-order valence-electron chi connectivity index (χ1n) is 9.75. The lowest BCUT2D eigenvalue weighted by Crippen LogP contribution is -2.33. The third-order valence-corrected chi connectivity index (χ3v) is 5.18. The number of hydrogen-bond donors (Lipinski definition) is 1. The number of pyridine rings is 1. The minimum Gasteiger partial charge on any atom is -0.340 e. The normalized spacial score (nSPS) is 13.1. The summed E-state index contributed by atoms with van der Waals surface area (Å²) >= 11 is 0. The Morgan fingerprint density at radius 1 is 1.13 bits per heavy atom. The van der Waals surface area contributed by atoms with Gasteiger partial charge < -0.3 is 10.3 Å². The molecule has 8 heteroatoms. The lowest BCUT2D eigenvalue weighted by atomic mass is 10.1. The average molecular weight is 398 g/mol. The molecule has 0 unspecified atom stereocenters. The van der Waals surface area contributed by atoms with Crippen molar-refractivity contribution in [2.45, 2.75) is 13.1 Å². The second-order valence-electron chi connectivity index (χ2n) is 7.41. The average Bonchev–Trinajstić information content (AvgIpc) is 3.16. The molecule has 0 radical (unpaired) electrons. The van der Waals surface area contributed by atoms with Crippen molar-refractivity contribution < 1.29 is 0 Å². The molecule has 4 aromatic rings. The number of fused-ring (bicyclic) bond motifs is 2. The van der Waals surface area contributed by atoms with Gasteiger partial charge in [-0.3, -0.25) is 9.67 Å². The van der Waals surface area contributed by atoms with Gasteiger partial charge in [0.1, 0.15) is 12.1 Å². The van der Waals surface area contributed by atoms with Crippen LogP contribution >= 0.6 is 0 Å². The van der Waals surface area contributed by atoms with Crippen molar-refractivity contribution in [1.82, 2.24) is 34.8 Å². The summed E-state index contributed by atoms with van der Waals surface area (Å²) in [6, 6.07) is 10.2. The number of hydrazine groups is 1. The van der Waals surface area contributed by atoms with Crippen LogP contribution in [0.3, 0.4) is 0 Å². The first-order chi connectivity index (χ1) is 14.7. The van der Waals surface area contributed by atoms with Crippen LogP contribution < -0.4 is 5.32 Å². The summed E-state index contributed by atoms with van der Waals surface area (Å²) in [5.41, 5.74) is 5.18. The van der Waals surface area contributed by atoms with E-state index in [-0.39, 0.29) is 0 Å². The molecule has 150 valence electrons. The highest BCUT2D eigenvalue weighted by Gasteiger charge is 2.18. The predicted octanol–water partition coefficient (Wildman–Crippen LogP) is 3.28. The topological polar surface area (TPSA) is 75.0 Å². The van der Waals surface area contributed by atoms with E-state index in [1.54, 1.807) is 12.5 Å². The summed E-state index contributed by atoms with van der Waals surface area (Å²) in [6.45, 7) is 1.41. The molecule has 3 aromatic heterocycles. The summed E-state index contributed by atoms with van der Waals surface area (Å²) < 4.78 is 1.99. The Balaban J connectivity index is 1.42. The van der Waals surface area contributed by atoms with E-state index in [0.717, 1.165) is 39.2 Å². The largest absolute Gasteiger partial charge is 0.340 e. The lowest BCUT2D eigenvalue weighted by Gasteiger charge is -2.31. The zero-order valence-electron chi connectivity index (χ0n) is 16.9. The first kappa shape index (κ1) is 18.3. The zero-order chi connectivity index (χ0) is 20.5. The maximum atomic E-state index is 4.55. The highest BCUT2D eigenvalue weighted by molar-refractivity contribution is 5.83. The molecule has 5 rings (SSSR count). The third kappa shape index (κ3) is 3.48. The second-order valence-corrected chi connectivity index (χ2v) is 7.41. The fourth-order valence-corrected chi connectivity index (χ4v) is 3.57. The Hall–Kier alpha value is -3.78. The number of rotatable bonds is 5. The van der Waals surface area contributed by atoms with Crippen LogP contribution in [0.2, 0.25) is 0 Å². The fourth-order valence-electron chi connectivity index (χ4n) is 3.57. The Morgan fingerprint density at radius 3 is 2.90 bits per heavy atom. The fraction of sp³-hybridized carbons (Fsp3) is 0.182. The van der Waals surface area contributed by atoms with Gasteiger partial charge in [-0.15, -0.1) is 0 Å². The van der Waals surface area contributed by atoms with Crippen molar-refractivity contribution in [3.05, 3.63) is 78.3 Å². The molecule has 30 heavy (non-hydrogen) atoms. The molecule has 1 aliphatic rings. The van der Waals surface area contributed by atoms with E-state index >= 15 is 0 Å². The van der Waals surface area contributed by atoms with E-state index in [0.29, 0.717) is 13.1 Å². The summed E-state index contributed by atoms with van der Waals surface area (Å²) in [5.74, 6) is 0.818. The SMILES string of the molecule is CN(C)N1C=Cc2ncnc(Nc3ccc4c(cnn4Cc4cccnc4)c3)c2C1. The summed E-state index contributed by atoms with van der Waals surface area (Å²) in [7, 11) is 4.03. The zero-order valence-corrected chi connectivity index (χ0v) is 16.9. The van der Waals surface area contributed by atoms with E-state index in [1.807, 2.05) is 54.5 Å². The van der Waals surface area contributed by atoms with Gasteiger partial charge in [0.25, 0.3) is 0 Å². The van der Waals surface area contributed by atoms with Crippen LogP contribution in [-0.4, -0.2) is 48.8 Å². The van der Waals surface area contributed by atoms with Gasteiger partial charge in [-0.05, 0) is 35.9 Å². The van der Waals surface area contributed by atoms with Crippen LogP contribution in [0.5, 0.6) is 0 Å². The Labute approximate surface area is 174 Å². The number of hydrogen-bond acceptors (Lipinski definition) is 7. The van der Waals surface area contributed by atoms with Gasteiger partial charge in [-0.2, -0.15) is 5.10 Å². The third-order valence-electron chi connectivity index (χ3n) is 5.18. The molecule has 1 N–H and O–H groups in total. The van der Waals surface area contributed by atoms with Gasteiger partial charge in [0.2, 0.25) is 0 Å². The van der Waals surface area contributed by atoms with Crippen molar-refractivity contribution in [3.8, 4) is 0 Å². The van der Waals surface area contributed by atoms with Crippen molar-refractivity contribution in [2.24, 2.45) is 0 Å². The minimum atomic E-state index is 0.691. The van der Waals surface area contributed by atoms with Gasteiger partial charge >= 0.3 is 0 Å². The Morgan fingerprint density at radius 2 is 2.07 bits per heavy atom. The second kappa shape index (κ2) is 7.57. The van der Waals surface area contributed by atoms with Crippen LogP contribution in [0.25, 0.3) is 17.0 Å². The van der Waals surface area contributed by atoms with Gasteiger partial charge in [-0.25, -0.2) is 15.0 Å². The number of benzene rings is 1. The van der Waals surface area contributed by atoms with Crippen LogP contribution in [0, 0.1) is 0 Å². The van der Waals surface area contributed by atoms with E-state index in [1.165, 1.54) is 0 Å². The van der Waals surface area contributed by atoms with Gasteiger partial charge in [0.05, 0.1) is 30.5 Å². The molecular formula is C22H22N8. The summed E-state index contributed by atoms with van der Waals surface area (Å²) in [4.78, 5) is 13.1. The van der Waals surface area contributed by atoms with Crippen molar-refractivity contribution in [2.75, 3.05) is 19.4 Å². The highest BCUT2D eigenvalue weighted by atomic mass is 15.6. The smallest absolute Gasteiger partial charge is 0.139 e. The van der Waals surface area contributed by atoms with Crippen molar-refractivity contribution in [3.63, 3.8) is 0 Å². The monoisotopic (exact) mass is 398 g/mol. The first-order valence-corrected chi connectivity index (χ1v) is 9.75. The van der Waals surface area contributed by atoms with Gasteiger partial charge in [0.15, 0.2) is 0 Å². The van der Waals surface area contributed by atoms with E-state index in [4.69, 9.17) is 0 Å². The van der Waals surface area contributed by atoms with Crippen LogP contribution in [0.4, 0.5) is 11.5 Å². The number of aromatic nitrogens is 5. The predicted molar refractivity (Wildman–Crippen MR) is 117 cm³/mol. The number of anilines is 2. The molecule has 8 nitrogen and oxygen atoms in total. The number of nitrogens with one attached hydrogen (secondary N) is 1. The number of nitrogens with zero attached hydrogens (tertiary/aromatic N) is 7. The van der Waals surface area contributed by atoms with Crippen molar-refractivity contribution >= 4 is 28.5 Å². The van der Waals surface area contributed by atoms with E-state index in [9.17, 15) is 0 Å². The van der Waals surface area contributed by atoms with Crippen LogP contribution in [-0.2, 0) is 13.1 Å². The Kier molecular flexibility index (Phi) is 4.61. The molecule has 0 spiro atoms. The quantitative estimate of drug-likeness (QED) is 0.553. The molecule has 0 saturated heterocycles. The molecule has 4 heterocycles. The summed E-state index contributed by atoms with van der Waals surface area (Å²) in [5, 5.41) is 13.2. The Bertz CT molecular complexity index is 1210. The maximum Gasteiger partial charge on any atom is 0.139 e. The molecule has 0 fully saturated rings.